The molecule has 0 bridgehead atoms. The lowest BCUT2D eigenvalue weighted by molar-refractivity contribution is 0.0958. The Morgan fingerprint density at radius 1 is 1.36 bits per heavy atom. The Kier molecular flexibility index (Phi) is 4.98. The number of halogens is 2. The molecule has 0 saturated heterocycles. The summed E-state index contributed by atoms with van der Waals surface area (Å²) in [5.41, 5.74) is 8.01. The molecule has 1 amide bonds. The summed E-state index contributed by atoms with van der Waals surface area (Å²) in [6, 6.07) is 5.32. The molecule has 7 nitrogen and oxygen atoms in total. The van der Waals surface area contributed by atoms with E-state index in [-0.39, 0.29) is 24.8 Å². The first-order chi connectivity index (χ1) is 13.5. The van der Waals surface area contributed by atoms with Crippen LogP contribution in [0.4, 0.5) is 5.95 Å². The molecule has 0 unspecified atom stereocenters. The van der Waals surface area contributed by atoms with E-state index >= 15 is 0 Å². The number of carbonyl (C=O) groups is 1. The number of ether oxygens (including phenoxy) is 1. The van der Waals surface area contributed by atoms with Crippen molar-refractivity contribution >= 4 is 56.6 Å². The summed E-state index contributed by atoms with van der Waals surface area (Å²) in [4.78, 5) is 22.1. The molecule has 2 aromatic heterocycles. The number of nitrogen functional groups attached to an aromatic ring is 1. The summed E-state index contributed by atoms with van der Waals surface area (Å²) < 4.78 is 5.63. The monoisotopic (exact) mass is 433 g/mol. The van der Waals surface area contributed by atoms with Crippen LogP contribution in [0.1, 0.15) is 21.7 Å². The van der Waals surface area contributed by atoms with E-state index in [0.29, 0.717) is 55.2 Å². The number of nitrogens with zero attached hydrogens (tertiary/aromatic N) is 3. The Hall–Kier alpha value is -2.60. The van der Waals surface area contributed by atoms with Crippen molar-refractivity contribution in [2.75, 3.05) is 18.9 Å². The normalized spacial score (nSPS) is 12.5. The second kappa shape index (κ2) is 7.43. The quantitative estimate of drug-likeness (QED) is 0.604. The first kappa shape index (κ1) is 18.7. The third-order valence-electron chi connectivity index (χ3n) is 4.28. The van der Waals surface area contributed by atoms with Gasteiger partial charge in [0.05, 0.1) is 39.7 Å². The van der Waals surface area contributed by atoms with Crippen LogP contribution in [0, 0.1) is 11.3 Å². The molecular weight excluding hydrogens is 421 g/mol. The Bertz CT molecular complexity index is 1160. The van der Waals surface area contributed by atoms with Gasteiger partial charge in [-0.05, 0) is 12.1 Å². The first-order valence-electron chi connectivity index (χ1n) is 8.36. The molecule has 3 aromatic rings. The number of hydrogen-bond donors (Lipinski definition) is 2. The van der Waals surface area contributed by atoms with Gasteiger partial charge in [0, 0.05) is 29.5 Å². The number of hydrogen-bond acceptors (Lipinski definition) is 7. The van der Waals surface area contributed by atoms with Crippen molar-refractivity contribution in [1.82, 2.24) is 15.3 Å². The molecule has 4 rings (SSSR count). The highest BCUT2D eigenvalue weighted by atomic mass is 35.5. The van der Waals surface area contributed by atoms with Crippen molar-refractivity contribution in [3.05, 3.63) is 32.6 Å². The number of benzene rings is 1. The van der Waals surface area contributed by atoms with Crippen LogP contribution in [-0.4, -0.2) is 29.0 Å². The fourth-order valence-corrected chi connectivity index (χ4v) is 4.72. The van der Waals surface area contributed by atoms with Crippen LogP contribution in [0.5, 0.6) is 5.75 Å². The van der Waals surface area contributed by atoms with Gasteiger partial charge in [0.25, 0.3) is 5.91 Å². The summed E-state index contributed by atoms with van der Waals surface area (Å²) in [6.07, 6.45) is 0.878. The van der Waals surface area contributed by atoms with E-state index in [4.69, 9.17) is 38.9 Å². The number of thiophene rings is 1. The molecule has 28 heavy (non-hydrogen) atoms. The predicted octanol–water partition coefficient (Wildman–Crippen LogP) is 3.83. The number of anilines is 1. The Morgan fingerprint density at radius 3 is 2.96 bits per heavy atom. The van der Waals surface area contributed by atoms with Gasteiger partial charge in [-0.25, -0.2) is 9.97 Å². The second-order valence-electron chi connectivity index (χ2n) is 6.05. The van der Waals surface area contributed by atoms with Gasteiger partial charge in [0.15, 0.2) is 0 Å². The number of nitrogens with two attached hydrogens (primary N) is 1. The van der Waals surface area contributed by atoms with E-state index in [1.165, 1.54) is 11.3 Å². The number of rotatable bonds is 4. The van der Waals surface area contributed by atoms with Crippen molar-refractivity contribution in [1.29, 1.82) is 5.26 Å². The topological polar surface area (TPSA) is 114 Å². The summed E-state index contributed by atoms with van der Waals surface area (Å²) in [7, 11) is 0. The van der Waals surface area contributed by atoms with Gasteiger partial charge < -0.3 is 15.8 Å². The van der Waals surface area contributed by atoms with Gasteiger partial charge in [-0.1, -0.05) is 23.2 Å². The molecule has 1 aliphatic heterocycles. The van der Waals surface area contributed by atoms with Crippen molar-refractivity contribution in [2.45, 2.75) is 12.8 Å². The van der Waals surface area contributed by atoms with Crippen LogP contribution in [-0.2, 0) is 6.42 Å². The van der Waals surface area contributed by atoms with Gasteiger partial charge in [-0.3, -0.25) is 4.79 Å². The standard InChI is InChI=1S/C18H13Cl2N5O2S/c19-10-7-11(20)15-8(2-5-27-15)13(10)14-9-6-12(16(26)23-4-1-3-21)28-17(9)25-18(22)24-14/h6-7H,1-2,4-5H2,(H,23,26)(H2,22,24,25). The maximum atomic E-state index is 12.4. The van der Waals surface area contributed by atoms with Gasteiger partial charge in [0.2, 0.25) is 5.95 Å². The van der Waals surface area contributed by atoms with Crippen LogP contribution >= 0.6 is 34.5 Å². The largest absolute Gasteiger partial charge is 0.491 e. The van der Waals surface area contributed by atoms with E-state index in [0.717, 1.165) is 5.56 Å². The van der Waals surface area contributed by atoms with E-state index < -0.39 is 0 Å². The molecule has 0 atom stereocenters. The number of amides is 1. The lowest BCUT2D eigenvalue weighted by Crippen LogP contribution is -2.23. The third-order valence-corrected chi connectivity index (χ3v) is 5.88. The number of fused-ring (bicyclic) bond motifs is 2. The highest BCUT2D eigenvalue weighted by Crippen LogP contribution is 2.46. The van der Waals surface area contributed by atoms with Crippen LogP contribution < -0.4 is 15.8 Å². The van der Waals surface area contributed by atoms with Crippen LogP contribution in [0.15, 0.2) is 12.1 Å². The van der Waals surface area contributed by atoms with Gasteiger partial charge in [-0.2, -0.15) is 5.26 Å². The van der Waals surface area contributed by atoms with Crippen molar-refractivity contribution in [2.24, 2.45) is 0 Å². The molecule has 0 fully saturated rings. The summed E-state index contributed by atoms with van der Waals surface area (Å²) in [5, 5.41) is 12.9. The fourth-order valence-electron chi connectivity index (χ4n) is 3.12. The van der Waals surface area contributed by atoms with E-state index in [1.807, 2.05) is 6.07 Å². The average molecular weight is 434 g/mol. The number of nitrogens with one attached hydrogen (secondary N) is 1. The molecule has 10 heteroatoms. The summed E-state index contributed by atoms with van der Waals surface area (Å²) in [6.45, 7) is 0.778. The van der Waals surface area contributed by atoms with E-state index in [2.05, 4.69) is 15.3 Å². The van der Waals surface area contributed by atoms with Gasteiger partial charge in [0.1, 0.15) is 10.6 Å². The van der Waals surface area contributed by atoms with Crippen molar-refractivity contribution in [3.63, 3.8) is 0 Å². The lowest BCUT2D eigenvalue weighted by atomic mass is 10.00. The SMILES string of the molecule is N#CCCNC(=O)c1cc2c(-c3c(Cl)cc(Cl)c4c3CCO4)nc(N)nc2s1. The molecule has 3 heterocycles. The first-order valence-corrected chi connectivity index (χ1v) is 9.93. The molecule has 0 saturated carbocycles. The number of nitriles is 1. The Labute approximate surface area is 174 Å². The van der Waals surface area contributed by atoms with E-state index in [9.17, 15) is 4.79 Å². The summed E-state index contributed by atoms with van der Waals surface area (Å²) >= 11 is 14.0. The van der Waals surface area contributed by atoms with Gasteiger partial charge >= 0.3 is 0 Å². The molecular formula is C18H13Cl2N5O2S. The smallest absolute Gasteiger partial charge is 0.261 e. The number of carbonyl (C=O) groups excluding carboxylic acids is 1. The molecule has 1 aliphatic rings. The van der Waals surface area contributed by atoms with Gasteiger partial charge in [-0.15, -0.1) is 11.3 Å². The fraction of sp³-hybridized carbons (Fsp3) is 0.222. The minimum atomic E-state index is -0.279. The Balaban J connectivity index is 1.86. The molecule has 142 valence electrons. The highest BCUT2D eigenvalue weighted by Gasteiger charge is 2.26. The molecule has 3 N–H and O–H groups in total. The molecule has 0 radical (unpaired) electrons. The zero-order valence-electron chi connectivity index (χ0n) is 14.4. The molecule has 0 spiro atoms. The minimum Gasteiger partial charge on any atom is -0.491 e. The van der Waals surface area contributed by atoms with Crippen LogP contribution in [0.2, 0.25) is 10.0 Å². The maximum absolute atomic E-state index is 12.4. The number of aromatic nitrogens is 2. The third kappa shape index (κ3) is 3.22. The zero-order chi connectivity index (χ0) is 19.8. The van der Waals surface area contributed by atoms with Crippen LogP contribution in [0.3, 0.4) is 0 Å². The van der Waals surface area contributed by atoms with Crippen molar-refractivity contribution < 1.29 is 9.53 Å². The molecule has 1 aromatic carbocycles. The predicted molar refractivity (Wildman–Crippen MR) is 109 cm³/mol. The van der Waals surface area contributed by atoms with Crippen molar-refractivity contribution in [3.8, 4) is 23.1 Å². The lowest BCUT2D eigenvalue weighted by Gasteiger charge is -2.12. The summed E-state index contributed by atoms with van der Waals surface area (Å²) in [5.74, 6) is 0.397. The second-order valence-corrected chi connectivity index (χ2v) is 7.89. The highest BCUT2D eigenvalue weighted by molar-refractivity contribution is 7.20. The van der Waals surface area contributed by atoms with Crippen LogP contribution in [0.25, 0.3) is 21.5 Å². The minimum absolute atomic E-state index is 0.0828. The van der Waals surface area contributed by atoms with E-state index in [1.54, 1.807) is 12.1 Å². The maximum Gasteiger partial charge on any atom is 0.261 e. The molecule has 0 aliphatic carbocycles. The zero-order valence-corrected chi connectivity index (χ0v) is 16.7. The Morgan fingerprint density at radius 2 is 2.18 bits per heavy atom. The average Bonchev–Trinajstić information content (AvgIpc) is 3.29.